The van der Waals surface area contributed by atoms with E-state index in [0.29, 0.717) is 5.92 Å². The average Bonchev–Trinajstić information content (AvgIpc) is 3.13. The number of carbonyl (C=O) groups is 1. The molecular weight excluding hydrogens is 298 g/mol. The van der Waals surface area contributed by atoms with Crippen molar-refractivity contribution in [1.29, 1.82) is 0 Å². The van der Waals surface area contributed by atoms with Crippen LogP contribution >= 0.6 is 0 Å². The lowest BCUT2D eigenvalue weighted by Crippen LogP contribution is -2.32. The van der Waals surface area contributed by atoms with Crippen LogP contribution < -0.4 is 5.32 Å². The molecule has 1 heterocycles. The first-order valence-corrected chi connectivity index (χ1v) is 10.0. The zero-order chi connectivity index (χ0) is 17.5. The molecule has 0 spiro atoms. The van der Waals surface area contributed by atoms with Crippen molar-refractivity contribution in [3.05, 3.63) is 18.7 Å². The fourth-order valence-corrected chi connectivity index (χ4v) is 3.12. The van der Waals surface area contributed by atoms with Crippen molar-refractivity contribution in [3.63, 3.8) is 0 Å². The van der Waals surface area contributed by atoms with Crippen LogP contribution in [-0.4, -0.2) is 22.1 Å². The van der Waals surface area contributed by atoms with E-state index in [4.69, 9.17) is 0 Å². The molecule has 4 heteroatoms. The summed E-state index contributed by atoms with van der Waals surface area (Å²) in [7, 11) is 0. The molecule has 1 unspecified atom stereocenters. The monoisotopic (exact) mass is 335 g/mol. The van der Waals surface area contributed by atoms with Gasteiger partial charge in [-0.25, -0.2) is 9.78 Å². The molecule has 0 radical (unpaired) electrons. The molecule has 1 amide bonds. The molecule has 0 bridgehead atoms. The smallest absolute Gasteiger partial charge is 0.326 e. The second-order valence-corrected chi connectivity index (χ2v) is 6.93. The first kappa shape index (κ1) is 20.7. The van der Waals surface area contributed by atoms with Gasteiger partial charge in [-0.05, 0) is 18.8 Å². The number of hydrogen-bond acceptors (Lipinski definition) is 2. The molecule has 138 valence electrons. The molecule has 0 saturated carbocycles. The van der Waals surface area contributed by atoms with Gasteiger partial charge in [0, 0.05) is 18.9 Å². The Morgan fingerprint density at radius 3 is 2.12 bits per heavy atom. The highest BCUT2D eigenvalue weighted by Gasteiger charge is 2.11. The maximum absolute atomic E-state index is 12.0. The summed E-state index contributed by atoms with van der Waals surface area (Å²) in [5.41, 5.74) is 0. The first-order chi connectivity index (χ1) is 11.8. The molecule has 4 nitrogen and oxygen atoms in total. The standard InChI is InChI=1S/C20H37N3O/c1-3-5-7-9-10-12-14-19(13-11-8-6-4-2)17-22-20(24)23-16-15-21-18-23/h15-16,18-19H,3-14,17H2,1-2H3,(H,22,24). The van der Waals surface area contributed by atoms with E-state index in [0.717, 1.165) is 6.54 Å². The molecular formula is C20H37N3O. The van der Waals surface area contributed by atoms with Crippen molar-refractivity contribution >= 4 is 6.03 Å². The van der Waals surface area contributed by atoms with E-state index in [-0.39, 0.29) is 6.03 Å². The van der Waals surface area contributed by atoms with Crippen LogP contribution in [0.2, 0.25) is 0 Å². The van der Waals surface area contributed by atoms with Gasteiger partial charge in [0.25, 0.3) is 0 Å². The highest BCUT2D eigenvalue weighted by molar-refractivity contribution is 5.76. The molecule has 0 aliphatic carbocycles. The van der Waals surface area contributed by atoms with E-state index in [2.05, 4.69) is 24.1 Å². The van der Waals surface area contributed by atoms with Gasteiger partial charge in [-0.3, -0.25) is 4.57 Å². The third-order valence-corrected chi connectivity index (χ3v) is 4.71. The van der Waals surface area contributed by atoms with Crippen LogP contribution in [0.25, 0.3) is 0 Å². The summed E-state index contributed by atoms with van der Waals surface area (Å²) in [6.45, 7) is 5.30. The maximum Gasteiger partial charge on any atom is 0.326 e. The molecule has 0 aliphatic heterocycles. The number of carbonyl (C=O) groups excluding carboxylic acids is 1. The number of amides is 1. The van der Waals surface area contributed by atoms with Gasteiger partial charge in [-0.2, -0.15) is 0 Å². The zero-order valence-corrected chi connectivity index (χ0v) is 15.8. The van der Waals surface area contributed by atoms with Crippen LogP contribution in [0.4, 0.5) is 4.79 Å². The van der Waals surface area contributed by atoms with Crippen molar-refractivity contribution in [1.82, 2.24) is 14.9 Å². The van der Waals surface area contributed by atoms with Crippen molar-refractivity contribution in [2.75, 3.05) is 6.54 Å². The lowest BCUT2D eigenvalue weighted by Gasteiger charge is -2.18. The first-order valence-electron chi connectivity index (χ1n) is 10.0. The van der Waals surface area contributed by atoms with E-state index >= 15 is 0 Å². The third kappa shape index (κ3) is 9.74. The molecule has 1 N–H and O–H groups in total. The minimum Gasteiger partial charge on any atom is -0.337 e. The Labute approximate surface area is 148 Å². The Balaban J connectivity index is 2.26. The van der Waals surface area contributed by atoms with Gasteiger partial charge in [-0.1, -0.05) is 78.1 Å². The van der Waals surface area contributed by atoms with E-state index < -0.39 is 0 Å². The summed E-state index contributed by atoms with van der Waals surface area (Å²) in [6, 6.07) is -0.0611. The highest BCUT2D eigenvalue weighted by Crippen LogP contribution is 2.18. The second kappa shape index (κ2) is 14.1. The summed E-state index contributed by atoms with van der Waals surface area (Å²) in [4.78, 5) is 16.0. The Bertz CT molecular complexity index is 403. The Hall–Kier alpha value is -1.32. The van der Waals surface area contributed by atoms with Crippen molar-refractivity contribution in [3.8, 4) is 0 Å². The number of unbranched alkanes of at least 4 members (excludes halogenated alkanes) is 8. The zero-order valence-electron chi connectivity index (χ0n) is 15.8. The topological polar surface area (TPSA) is 46.9 Å². The number of imidazole rings is 1. The number of rotatable bonds is 14. The van der Waals surface area contributed by atoms with Gasteiger partial charge >= 0.3 is 6.03 Å². The predicted octanol–water partition coefficient (Wildman–Crippen LogP) is 5.78. The normalized spacial score (nSPS) is 12.2. The van der Waals surface area contributed by atoms with Gasteiger partial charge in [0.05, 0.1) is 0 Å². The largest absolute Gasteiger partial charge is 0.337 e. The Morgan fingerprint density at radius 1 is 0.958 bits per heavy atom. The summed E-state index contributed by atoms with van der Waals surface area (Å²) in [5, 5.41) is 3.07. The number of hydrogen-bond donors (Lipinski definition) is 1. The highest BCUT2D eigenvalue weighted by atomic mass is 16.2. The fraction of sp³-hybridized carbons (Fsp3) is 0.800. The molecule has 1 atom stereocenters. The second-order valence-electron chi connectivity index (χ2n) is 6.93. The molecule has 0 aliphatic rings. The quantitative estimate of drug-likeness (QED) is 0.438. The van der Waals surface area contributed by atoms with Gasteiger partial charge < -0.3 is 5.32 Å². The third-order valence-electron chi connectivity index (χ3n) is 4.71. The van der Waals surface area contributed by atoms with Gasteiger partial charge in [0.15, 0.2) is 0 Å². The number of nitrogens with one attached hydrogen (secondary N) is 1. The van der Waals surface area contributed by atoms with E-state index in [1.165, 1.54) is 81.6 Å². The number of nitrogens with zero attached hydrogens (tertiary/aromatic N) is 2. The summed E-state index contributed by atoms with van der Waals surface area (Å²) in [5.74, 6) is 0.612. The lowest BCUT2D eigenvalue weighted by molar-refractivity contribution is 0.239. The molecule has 0 saturated heterocycles. The van der Waals surface area contributed by atoms with Crippen molar-refractivity contribution in [2.24, 2.45) is 5.92 Å². The summed E-state index contributed by atoms with van der Waals surface area (Å²) >= 11 is 0. The molecule has 1 aromatic rings. The lowest BCUT2D eigenvalue weighted by atomic mass is 9.94. The van der Waals surface area contributed by atoms with Crippen LogP contribution in [-0.2, 0) is 0 Å². The van der Waals surface area contributed by atoms with Crippen LogP contribution in [0.5, 0.6) is 0 Å². The minimum absolute atomic E-state index is 0.0611. The molecule has 0 fully saturated rings. The van der Waals surface area contributed by atoms with Gasteiger partial charge in [0.1, 0.15) is 6.33 Å². The average molecular weight is 336 g/mol. The minimum atomic E-state index is -0.0611. The van der Waals surface area contributed by atoms with Gasteiger partial charge in [0.2, 0.25) is 0 Å². The SMILES string of the molecule is CCCCCCCCC(CCCCCC)CNC(=O)n1ccnc1. The summed E-state index contributed by atoms with van der Waals surface area (Å²) < 4.78 is 1.51. The van der Waals surface area contributed by atoms with E-state index in [1.54, 1.807) is 18.7 Å². The van der Waals surface area contributed by atoms with Crippen molar-refractivity contribution in [2.45, 2.75) is 90.9 Å². The van der Waals surface area contributed by atoms with Crippen LogP contribution in [0, 0.1) is 5.92 Å². The van der Waals surface area contributed by atoms with E-state index in [9.17, 15) is 4.79 Å². The van der Waals surface area contributed by atoms with Crippen molar-refractivity contribution < 1.29 is 4.79 Å². The van der Waals surface area contributed by atoms with Crippen LogP contribution in [0.15, 0.2) is 18.7 Å². The molecule has 24 heavy (non-hydrogen) atoms. The maximum atomic E-state index is 12.0. The molecule has 0 aromatic carbocycles. The fourth-order valence-electron chi connectivity index (χ4n) is 3.12. The molecule has 1 rings (SSSR count). The van der Waals surface area contributed by atoms with Crippen LogP contribution in [0.3, 0.4) is 0 Å². The van der Waals surface area contributed by atoms with E-state index in [1.807, 2.05) is 0 Å². The molecule has 1 aromatic heterocycles. The Kier molecular flexibility index (Phi) is 12.1. The summed E-state index contributed by atoms with van der Waals surface area (Å²) in [6.07, 6.45) is 20.6. The predicted molar refractivity (Wildman–Crippen MR) is 101 cm³/mol. The van der Waals surface area contributed by atoms with Gasteiger partial charge in [-0.15, -0.1) is 0 Å². The Morgan fingerprint density at radius 2 is 1.54 bits per heavy atom. The number of aromatic nitrogens is 2. The van der Waals surface area contributed by atoms with Crippen LogP contribution in [0.1, 0.15) is 90.9 Å².